The smallest absolute Gasteiger partial charge is 0.263 e. The predicted octanol–water partition coefficient (Wildman–Crippen LogP) is 4.01. The number of rotatable bonds is 5. The summed E-state index contributed by atoms with van der Waals surface area (Å²) in [6.45, 7) is 3.95. The van der Waals surface area contributed by atoms with E-state index in [-0.39, 0.29) is 11.9 Å². The molecule has 0 unspecified atom stereocenters. The zero-order valence-electron chi connectivity index (χ0n) is 14.5. The Morgan fingerprint density at radius 3 is 2.88 bits per heavy atom. The van der Waals surface area contributed by atoms with E-state index in [0.29, 0.717) is 0 Å². The minimum absolute atomic E-state index is 0.0168. The molecule has 0 saturated carbocycles. The lowest BCUT2D eigenvalue weighted by Gasteiger charge is -2.32. The number of benzene rings is 1. The quantitative estimate of drug-likeness (QED) is 0.823. The SMILES string of the molecule is CCc1nc2c(s1)[C@@H](N(C)C(=O)[C@H](C)Oc1ccccc1)CCC2. The van der Waals surface area contributed by atoms with Crippen LogP contribution in [0.1, 0.15) is 48.3 Å². The molecule has 0 spiro atoms. The Labute approximate surface area is 147 Å². The molecular formula is C19H24N2O2S. The number of aryl methyl sites for hydroxylation is 2. The van der Waals surface area contributed by atoms with E-state index >= 15 is 0 Å². The summed E-state index contributed by atoms with van der Waals surface area (Å²) in [5.41, 5.74) is 1.18. The van der Waals surface area contributed by atoms with Gasteiger partial charge in [0.15, 0.2) is 6.10 Å². The molecule has 0 aliphatic heterocycles. The standard InChI is InChI=1S/C19H24N2O2S/c1-4-17-20-15-11-8-12-16(18(15)24-17)21(3)19(22)13(2)23-14-9-6-5-7-10-14/h5-7,9-10,13,16H,4,8,11-12H2,1-3H3/t13-,16-/m0/s1. The van der Waals surface area contributed by atoms with Crippen molar-refractivity contribution >= 4 is 17.2 Å². The van der Waals surface area contributed by atoms with Crippen molar-refractivity contribution < 1.29 is 9.53 Å². The molecule has 3 rings (SSSR count). The molecule has 128 valence electrons. The Kier molecular flexibility index (Phi) is 5.19. The summed E-state index contributed by atoms with van der Waals surface area (Å²) in [7, 11) is 1.89. The molecule has 1 aliphatic carbocycles. The van der Waals surface area contributed by atoms with E-state index in [2.05, 4.69) is 6.92 Å². The minimum Gasteiger partial charge on any atom is -0.481 e. The molecule has 2 aromatic rings. The van der Waals surface area contributed by atoms with E-state index < -0.39 is 6.10 Å². The summed E-state index contributed by atoms with van der Waals surface area (Å²) in [6.07, 6.45) is 3.56. The Bertz CT molecular complexity index is 699. The number of carbonyl (C=O) groups is 1. The zero-order valence-corrected chi connectivity index (χ0v) is 15.3. The number of likely N-dealkylation sites (N-methyl/N-ethyl adjacent to an activating group) is 1. The Hall–Kier alpha value is -1.88. The van der Waals surface area contributed by atoms with Crippen molar-refractivity contribution in [2.45, 2.75) is 51.7 Å². The number of aromatic nitrogens is 1. The van der Waals surface area contributed by atoms with Gasteiger partial charge in [0, 0.05) is 7.05 Å². The second-order valence-corrected chi connectivity index (χ2v) is 7.32. The second-order valence-electron chi connectivity index (χ2n) is 6.20. The average Bonchev–Trinajstić information content (AvgIpc) is 3.04. The van der Waals surface area contributed by atoms with Crippen LogP contribution in [0, 0.1) is 0 Å². The first-order valence-electron chi connectivity index (χ1n) is 8.57. The van der Waals surface area contributed by atoms with Gasteiger partial charge < -0.3 is 9.64 Å². The molecule has 1 heterocycles. The first-order valence-corrected chi connectivity index (χ1v) is 9.38. The highest BCUT2D eigenvalue weighted by Crippen LogP contribution is 2.38. The van der Waals surface area contributed by atoms with E-state index in [1.54, 1.807) is 11.3 Å². The number of ether oxygens (including phenoxy) is 1. The molecule has 0 fully saturated rings. The summed E-state index contributed by atoms with van der Waals surface area (Å²) in [4.78, 5) is 20.7. The number of amides is 1. The third kappa shape index (κ3) is 3.46. The maximum absolute atomic E-state index is 12.8. The van der Waals surface area contributed by atoms with Crippen molar-refractivity contribution in [3.63, 3.8) is 0 Å². The second kappa shape index (κ2) is 7.34. The fourth-order valence-electron chi connectivity index (χ4n) is 3.16. The molecular weight excluding hydrogens is 320 g/mol. The monoisotopic (exact) mass is 344 g/mol. The lowest BCUT2D eigenvalue weighted by molar-refractivity contribution is -0.139. The summed E-state index contributed by atoms with van der Waals surface area (Å²) < 4.78 is 5.80. The van der Waals surface area contributed by atoms with Crippen LogP contribution in [0.4, 0.5) is 0 Å². The summed E-state index contributed by atoms with van der Waals surface area (Å²) in [5.74, 6) is 0.741. The molecule has 1 aliphatic rings. The molecule has 2 atom stereocenters. The molecule has 1 amide bonds. The van der Waals surface area contributed by atoms with E-state index in [0.717, 1.165) is 31.4 Å². The lowest BCUT2D eigenvalue weighted by atomic mass is 9.96. The van der Waals surface area contributed by atoms with Gasteiger partial charge in [0.05, 0.1) is 21.6 Å². The summed E-state index contributed by atoms with van der Waals surface area (Å²) in [5, 5.41) is 1.17. The van der Waals surface area contributed by atoms with Crippen LogP contribution in [-0.2, 0) is 17.6 Å². The molecule has 0 radical (unpaired) electrons. The minimum atomic E-state index is -0.499. The van der Waals surface area contributed by atoms with Gasteiger partial charge in [-0.1, -0.05) is 25.1 Å². The van der Waals surface area contributed by atoms with Crippen LogP contribution in [0.2, 0.25) is 0 Å². The van der Waals surface area contributed by atoms with Gasteiger partial charge in [-0.15, -0.1) is 11.3 Å². The predicted molar refractivity (Wildman–Crippen MR) is 96.5 cm³/mol. The van der Waals surface area contributed by atoms with Crippen LogP contribution in [-0.4, -0.2) is 28.9 Å². The molecule has 0 bridgehead atoms. The third-order valence-corrected chi connectivity index (χ3v) is 5.83. The van der Waals surface area contributed by atoms with Gasteiger partial charge in [-0.2, -0.15) is 0 Å². The van der Waals surface area contributed by atoms with Crippen molar-refractivity contribution in [2.75, 3.05) is 7.05 Å². The third-order valence-electron chi connectivity index (χ3n) is 4.49. The van der Waals surface area contributed by atoms with Crippen LogP contribution in [0.15, 0.2) is 30.3 Å². The molecule has 1 aromatic carbocycles. The fraction of sp³-hybridized carbons (Fsp3) is 0.474. The first kappa shape index (κ1) is 17.0. The lowest BCUT2D eigenvalue weighted by Crippen LogP contribution is -2.40. The van der Waals surface area contributed by atoms with Crippen molar-refractivity contribution in [3.05, 3.63) is 45.9 Å². The molecule has 24 heavy (non-hydrogen) atoms. The van der Waals surface area contributed by atoms with Gasteiger partial charge in [0.1, 0.15) is 5.75 Å². The van der Waals surface area contributed by atoms with Crippen molar-refractivity contribution in [1.29, 1.82) is 0 Å². The van der Waals surface area contributed by atoms with Crippen molar-refractivity contribution in [1.82, 2.24) is 9.88 Å². The number of hydrogen-bond donors (Lipinski definition) is 0. The largest absolute Gasteiger partial charge is 0.481 e. The van der Waals surface area contributed by atoms with E-state index in [1.807, 2.05) is 49.2 Å². The Balaban J connectivity index is 1.73. The van der Waals surface area contributed by atoms with Gasteiger partial charge >= 0.3 is 0 Å². The number of nitrogens with zero attached hydrogens (tertiary/aromatic N) is 2. The number of fused-ring (bicyclic) bond motifs is 1. The summed E-state index contributed by atoms with van der Waals surface area (Å²) >= 11 is 1.76. The summed E-state index contributed by atoms with van der Waals surface area (Å²) in [6, 6.07) is 9.63. The van der Waals surface area contributed by atoms with Gasteiger partial charge in [-0.25, -0.2) is 4.98 Å². The Morgan fingerprint density at radius 2 is 2.17 bits per heavy atom. The van der Waals surface area contributed by atoms with E-state index in [1.165, 1.54) is 15.6 Å². The highest BCUT2D eigenvalue weighted by molar-refractivity contribution is 7.11. The number of para-hydroxylation sites is 1. The number of carbonyl (C=O) groups excluding carboxylic acids is 1. The molecule has 4 nitrogen and oxygen atoms in total. The Morgan fingerprint density at radius 1 is 1.42 bits per heavy atom. The van der Waals surface area contributed by atoms with Crippen LogP contribution in [0.5, 0.6) is 5.75 Å². The maximum Gasteiger partial charge on any atom is 0.263 e. The van der Waals surface area contributed by atoms with Crippen LogP contribution in [0.3, 0.4) is 0 Å². The van der Waals surface area contributed by atoms with Gasteiger partial charge in [0.2, 0.25) is 0 Å². The topological polar surface area (TPSA) is 42.4 Å². The van der Waals surface area contributed by atoms with Crippen LogP contribution >= 0.6 is 11.3 Å². The molecule has 1 aromatic heterocycles. The van der Waals surface area contributed by atoms with Gasteiger partial charge in [0.25, 0.3) is 5.91 Å². The van der Waals surface area contributed by atoms with Crippen LogP contribution in [0.25, 0.3) is 0 Å². The normalized spacial score (nSPS) is 17.9. The average molecular weight is 344 g/mol. The van der Waals surface area contributed by atoms with Gasteiger partial charge in [-0.05, 0) is 44.7 Å². The fourth-order valence-corrected chi connectivity index (χ4v) is 4.39. The zero-order chi connectivity index (χ0) is 17.1. The highest BCUT2D eigenvalue weighted by Gasteiger charge is 2.32. The van der Waals surface area contributed by atoms with Crippen molar-refractivity contribution in [3.8, 4) is 5.75 Å². The number of hydrogen-bond acceptors (Lipinski definition) is 4. The van der Waals surface area contributed by atoms with Crippen molar-refractivity contribution in [2.24, 2.45) is 0 Å². The number of thiazole rings is 1. The highest BCUT2D eigenvalue weighted by atomic mass is 32.1. The first-order chi connectivity index (χ1) is 11.6. The molecule has 0 saturated heterocycles. The maximum atomic E-state index is 12.8. The van der Waals surface area contributed by atoms with Gasteiger partial charge in [-0.3, -0.25) is 4.79 Å². The van der Waals surface area contributed by atoms with Crippen LogP contribution < -0.4 is 4.74 Å². The van der Waals surface area contributed by atoms with E-state index in [9.17, 15) is 4.79 Å². The molecule has 0 N–H and O–H groups in total. The molecule has 5 heteroatoms. The van der Waals surface area contributed by atoms with E-state index in [4.69, 9.17) is 9.72 Å².